The van der Waals surface area contributed by atoms with Gasteiger partial charge in [-0.3, -0.25) is 4.79 Å². The first-order valence-corrected chi connectivity index (χ1v) is 9.41. The van der Waals surface area contributed by atoms with Crippen molar-refractivity contribution < 1.29 is 23.6 Å². The van der Waals surface area contributed by atoms with Crippen LogP contribution in [0.3, 0.4) is 0 Å². The molecular formula is C23H23NO5. The van der Waals surface area contributed by atoms with Crippen LogP contribution in [0.25, 0.3) is 0 Å². The fourth-order valence-corrected chi connectivity index (χ4v) is 2.80. The normalized spacial score (nSPS) is 10.6. The first-order valence-electron chi connectivity index (χ1n) is 9.41. The predicted molar refractivity (Wildman–Crippen MR) is 107 cm³/mol. The van der Waals surface area contributed by atoms with Gasteiger partial charge in [-0.2, -0.15) is 0 Å². The Labute approximate surface area is 169 Å². The van der Waals surface area contributed by atoms with Crippen LogP contribution in [0, 0.1) is 13.8 Å². The van der Waals surface area contributed by atoms with Crippen molar-refractivity contribution in [3.05, 3.63) is 82.2 Å². The third-order valence-electron chi connectivity index (χ3n) is 4.65. The molecule has 150 valence electrons. The van der Waals surface area contributed by atoms with Gasteiger partial charge in [-0.25, -0.2) is 4.79 Å². The lowest BCUT2D eigenvalue weighted by Gasteiger charge is -2.08. The van der Waals surface area contributed by atoms with Crippen molar-refractivity contribution in [2.75, 3.05) is 6.61 Å². The van der Waals surface area contributed by atoms with Gasteiger partial charge in [0.15, 0.2) is 12.4 Å². The second kappa shape index (κ2) is 9.19. The molecule has 3 aromatic rings. The summed E-state index contributed by atoms with van der Waals surface area (Å²) in [4.78, 5) is 24.5. The van der Waals surface area contributed by atoms with Crippen LogP contribution >= 0.6 is 0 Å². The number of hydrogen-bond donors (Lipinski definition) is 0. The Kier molecular flexibility index (Phi) is 6.44. The minimum absolute atomic E-state index is 0.244. The lowest BCUT2D eigenvalue weighted by atomic mass is 10.1. The molecular weight excluding hydrogens is 370 g/mol. The fraction of sp³-hybridized carbons (Fsp3) is 0.261. The van der Waals surface area contributed by atoms with Crippen LogP contribution in [0.15, 0.2) is 53.1 Å². The Morgan fingerprint density at radius 3 is 2.45 bits per heavy atom. The lowest BCUT2D eigenvalue weighted by Crippen LogP contribution is -2.14. The summed E-state index contributed by atoms with van der Waals surface area (Å²) in [6.45, 7) is 5.68. The van der Waals surface area contributed by atoms with E-state index in [9.17, 15) is 9.59 Å². The van der Waals surface area contributed by atoms with Gasteiger partial charge in [0.2, 0.25) is 0 Å². The largest absolute Gasteiger partial charge is 0.489 e. The number of carbonyl (C=O) groups excluding carboxylic acids is 2. The molecule has 2 aromatic carbocycles. The molecule has 29 heavy (non-hydrogen) atoms. The summed E-state index contributed by atoms with van der Waals surface area (Å²) in [5, 5.41) is 3.89. The fourth-order valence-electron chi connectivity index (χ4n) is 2.80. The van der Waals surface area contributed by atoms with E-state index in [1.54, 1.807) is 36.4 Å². The molecule has 0 amide bonds. The molecule has 6 heteroatoms. The number of hydrogen-bond acceptors (Lipinski definition) is 6. The second-order valence-electron chi connectivity index (χ2n) is 6.67. The molecule has 0 saturated heterocycles. The average molecular weight is 393 g/mol. The molecule has 0 bridgehead atoms. The maximum atomic E-state index is 12.3. The Hall–Kier alpha value is -3.41. The smallest absolute Gasteiger partial charge is 0.338 e. The highest BCUT2D eigenvalue weighted by Gasteiger charge is 2.14. The van der Waals surface area contributed by atoms with Crippen LogP contribution in [0.4, 0.5) is 0 Å². The number of esters is 1. The highest BCUT2D eigenvalue weighted by Crippen LogP contribution is 2.19. The molecule has 0 aliphatic carbocycles. The number of benzene rings is 2. The highest BCUT2D eigenvalue weighted by atomic mass is 16.5. The quantitative estimate of drug-likeness (QED) is 0.415. The standard InChI is InChI=1S/C23H23NO5/c1-4-17-8-10-18(11-9-17)22(25)14-28-23(26)19-6-5-7-20(12-19)27-13-21-15(2)24-29-16(21)3/h5-12H,4,13-14H2,1-3H3. The monoisotopic (exact) mass is 393 g/mol. The number of aryl methyl sites for hydroxylation is 3. The van der Waals surface area contributed by atoms with E-state index in [-0.39, 0.29) is 19.0 Å². The van der Waals surface area contributed by atoms with Crippen LogP contribution in [0.5, 0.6) is 5.75 Å². The summed E-state index contributed by atoms with van der Waals surface area (Å²) in [6, 6.07) is 13.9. The van der Waals surface area contributed by atoms with Gasteiger partial charge in [0.05, 0.1) is 16.8 Å². The van der Waals surface area contributed by atoms with E-state index >= 15 is 0 Å². The molecule has 1 heterocycles. The maximum Gasteiger partial charge on any atom is 0.338 e. The van der Waals surface area contributed by atoms with Crippen LogP contribution in [0.1, 0.15) is 50.2 Å². The molecule has 0 aliphatic rings. The van der Waals surface area contributed by atoms with Crippen molar-refractivity contribution in [1.29, 1.82) is 0 Å². The molecule has 0 aliphatic heterocycles. The van der Waals surface area contributed by atoms with Crippen LogP contribution in [-0.4, -0.2) is 23.5 Å². The van der Waals surface area contributed by atoms with Crippen molar-refractivity contribution in [1.82, 2.24) is 5.16 Å². The molecule has 0 radical (unpaired) electrons. The summed E-state index contributed by atoms with van der Waals surface area (Å²) in [5.41, 5.74) is 3.62. The third kappa shape index (κ3) is 5.10. The molecule has 0 N–H and O–H groups in total. The van der Waals surface area contributed by atoms with Crippen molar-refractivity contribution in [2.24, 2.45) is 0 Å². The van der Waals surface area contributed by atoms with Crippen LogP contribution in [0.2, 0.25) is 0 Å². The molecule has 0 atom stereocenters. The summed E-state index contributed by atoms with van der Waals surface area (Å²) in [5.74, 6) is 0.391. The minimum Gasteiger partial charge on any atom is -0.489 e. The Morgan fingerprint density at radius 1 is 1.03 bits per heavy atom. The van der Waals surface area contributed by atoms with Crippen molar-refractivity contribution in [2.45, 2.75) is 33.8 Å². The molecule has 3 rings (SSSR count). The Bertz CT molecular complexity index is 985. The van der Waals surface area contributed by atoms with Gasteiger partial charge in [-0.15, -0.1) is 0 Å². The van der Waals surface area contributed by atoms with E-state index < -0.39 is 5.97 Å². The SMILES string of the molecule is CCc1ccc(C(=O)COC(=O)c2cccc(OCc3c(C)noc3C)c2)cc1. The van der Waals surface area contributed by atoms with E-state index in [0.29, 0.717) is 22.6 Å². The second-order valence-corrected chi connectivity index (χ2v) is 6.67. The van der Waals surface area contributed by atoms with Crippen LogP contribution < -0.4 is 4.74 Å². The zero-order chi connectivity index (χ0) is 20.8. The number of Topliss-reactive ketones (excluding diaryl/α,β-unsaturated/α-hetero) is 1. The van der Waals surface area contributed by atoms with E-state index in [1.165, 1.54) is 0 Å². The van der Waals surface area contributed by atoms with Crippen molar-refractivity contribution in [3.63, 3.8) is 0 Å². The molecule has 0 saturated carbocycles. The van der Waals surface area contributed by atoms with E-state index in [4.69, 9.17) is 14.0 Å². The van der Waals surface area contributed by atoms with E-state index in [0.717, 1.165) is 23.2 Å². The molecule has 1 aromatic heterocycles. The van der Waals surface area contributed by atoms with Crippen LogP contribution in [-0.2, 0) is 17.8 Å². The highest BCUT2D eigenvalue weighted by molar-refractivity contribution is 5.99. The molecule has 0 spiro atoms. The maximum absolute atomic E-state index is 12.3. The molecule has 0 unspecified atom stereocenters. The predicted octanol–water partition coefficient (Wildman–Crippen LogP) is 4.47. The Balaban J connectivity index is 1.58. The number of ether oxygens (including phenoxy) is 2. The first kappa shape index (κ1) is 20.3. The van der Waals surface area contributed by atoms with Crippen molar-refractivity contribution in [3.8, 4) is 5.75 Å². The topological polar surface area (TPSA) is 78.6 Å². The Morgan fingerprint density at radius 2 is 1.79 bits per heavy atom. The van der Waals surface area contributed by atoms with Gasteiger partial charge in [0, 0.05) is 5.56 Å². The van der Waals surface area contributed by atoms with Gasteiger partial charge in [0.1, 0.15) is 18.1 Å². The zero-order valence-corrected chi connectivity index (χ0v) is 16.7. The van der Waals surface area contributed by atoms with Gasteiger partial charge in [-0.1, -0.05) is 42.4 Å². The number of rotatable bonds is 8. The lowest BCUT2D eigenvalue weighted by molar-refractivity contribution is 0.0474. The first-order chi connectivity index (χ1) is 14.0. The zero-order valence-electron chi connectivity index (χ0n) is 16.7. The van der Waals surface area contributed by atoms with E-state index in [1.807, 2.05) is 32.9 Å². The minimum atomic E-state index is -0.577. The number of aromatic nitrogens is 1. The molecule has 6 nitrogen and oxygen atoms in total. The summed E-state index contributed by atoms with van der Waals surface area (Å²) < 4.78 is 16.0. The summed E-state index contributed by atoms with van der Waals surface area (Å²) >= 11 is 0. The van der Waals surface area contributed by atoms with Crippen molar-refractivity contribution >= 4 is 11.8 Å². The van der Waals surface area contributed by atoms with E-state index in [2.05, 4.69) is 5.16 Å². The van der Waals surface area contributed by atoms with Gasteiger partial charge in [0.25, 0.3) is 0 Å². The third-order valence-corrected chi connectivity index (χ3v) is 4.65. The number of ketones is 1. The average Bonchev–Trinajstić information content (AvgIpc) is 3.07. The van der Waals surface area contributed by atoms with Gasteiger partial charge >= 0.3 is 5.97 Å². The molecule has 0 fully saturated rings. The van der Waals surface area contributed by atoms with Gasteiger partial charge in [-0.05, 0) is 44.0 Å². The number of nitrogens with zero attached hydrogens (tertiary/aromatic N) is 1. The van der Waals surface area contributed by atoms with Gasteiger partial charge < -0.3 is 14.0 Å². The number of carbonyl (C=O) groups is 2. The summed E-state index contributed by atoms with van der Waals surface area (Å²) in [7, 11) is 0. The summed E-state index contributed by atoms with van der Waals surface area (Å²) in [6.07, 6.45) is 0.901.